The Hall–Kier alpha value is -3.86. The molecule has 0 saturated heterocycles. The number of benzene rings is 2. The van der Waals surface area contributed by atoms with Gasteiger partial charge in [0.05, 0.1) is 19.9 Å². The Morgan fingerprint density at radius 3 is 2.69 bits per heavy atom. The molecule has 2 aromatic carbocycles. The summed E-state index contributed by atoms with van der Waals surface area (Å²) in [6.45, 7) is 2.34. The third-order valence-corrected chi connectivity index (χ3v) is 5.35. The molecule has 0 spiro atoms. The van der Waals surface area contributed by atoms with Crippen LogP contribution in [0.4, 0.5) is 0 Å². The van der Waals surface area contributed by atoms with Gasteiger partial charge >= 0.3 is 5.69 Å². The molecule has 1 atom stereocenters. The summed E-state index contributed by atoms with van der Waals surface area (Å²) in [7, 11) is 1.55. The van der Waals surface area contributed by atoms with Gasteiger partial charge in [-0.25, -0.2) is 15.3 Å². The Kier molecular flexibility index (Phi) is 7.81. The van der Waals surface area contributed by atoms with Crippen molar-refractivity contribution in [2.24, 2.45) is 5.10 Å². The minimum Gasteiger partial charge on any atom is -0.493 e. The van der Waals surface area contributed by atoms with E-state index in [1.165, 1.54) is 6.21 Å². The molecule has 0 saturated carbocycles. The van der Waals surface area contributed by atoms with Gasteiger partial charge in [0, 0.05) is 0 Å². The van der Waals surface area contributed by atoms with Crippen molar-refractivity contribution in [1.82, 2.24) is 20.6 Å². The third kappa shape index (κ3) is 5.85. The van der Waals surface area contributed by atoms with E-state index >= 15 is 0 Å². The van der Waals surface area contributed by atoms with E-state index in [-0.39, 0.29) is 5.03 Å². The highest BCUT2D eigenvalue weighted by Crippen LogP contribution is 2.32. The van der Waals surface area contributed by atoms with Gasteiger partial charge in [0.1, 0.15) is 5.25 Å². The summed E-state index contributed by atoms with van der Waals surface area (Å²) >= 11 is 0.898. The summed E-state index contributed by atoms with van der Waals surface area (Å²) in [5.41, 5.74) is 2.41. The molecule has 0 aliphatic rings. The lowest BCUT2D eigenvalue weighted by Gasteiger charge is -2.14. The topological polar surface area (TPSA) is 139 Å². The number of H-pyrrole nitrogens is 2. The molecule has 0 radical (unpaired) electrons. The number of methoxy groups -OCH3 is 1. The summed E-state index contributed by atoms with van der Waals surface area (Å²) in [6, 6.07) is 14.1. The quantitative estimate of drug-likeness (QED) is 0.254. The average molecular weight is 455 g/mol. The number of ether oxygens (including phenoxy) is 2. The van der Waals surface area contributed by atoms with Crippen LogP contribution in [0.1, 0.15) is 23.3 Å². The summed E-state index contributed by atoms with van der Waals surface area (Å²) in [4.78, 5) is 38.2. The Bertz CT molecular complexity index is 1210. The molecule has 0 fully saturated rings. The lowest BCUT2D eigenvalue weighted by molar-refractivity contribution is -0.120. The number of hydrogen-bond donors (Lipinski definition) is 3. The van der Waals surface area contributed by atoms with Crippen molar-refractivity contribution >= 4 is 23.9 Å². The first-order valence-electron chi connectivity index (χ1n) is 9.56. The van der Waals surface area contributed by atoms with E-state index in [0.29, 0.717) is 29.2 Å². The van der Waals surface area contributed by atoms with Gasteiger partial charge in [-0.2, -0.15) is 10.2 Å². The van der Waals surface area contributed by atoms with Crippen LogP contribution in [0, 0.1) is 0 Å². The normalized spacial score (nSPS) is 11.8. The fourth-order valence-electron chi connectivity index (χ4n) is 2.70. The molecule has 0 aliphatic heterocycles. The van der Waals surface area contributed by atoms with Gasteiger partial charge in [0.25, 0.3) is 11.5 Å². The number of amides is 1. The van der Waals surface area contributed by atoms with E-state index in [1.807, 2.05) is 13.0 Å². The minimum absolute atomic E-state index is 0.0471. The highest BCUT2D eigenvalue weighted by atomic mass is 32.2. The number of hydrazone groups is 1. The maximum Gasteiger partial charge on any atom is 0.342 e. The van der Waals surface area contributed by atoms with Gasteiger partial charge in [-0.15, -0.1) is 0 Å². The Balaban J connectivity index is 1.79. The van der Waals surface area contributed by atoms with Crippen molar-refractivity contribution in [2.45, 2.75) is 17.2 Å². The van der Waals surface area contributed by atoms with Gasteiger partial charge in [-0.05, 0) is 36.2 Å². The second kappa shape index (κ2) is 11.0. The Morgan fingerprint density at radius 1 is 1.22 bits per heavy atom. The number of carbonyl (C=O) groups is 1. The number of thioether (sulfide) groups is 1. The molecule has 0 aliphatic carbocycles. The van der Waals surface area contributed by atoms with Crippen LogP contribution in [0.2, 0.25) is 0 Å². The lowest BCUT2D eigenvalue weighted by atomic mass is 10.1. The van der Waals surface area contributed by atoms with Crippen LogP contribution in [-0.2, 0) is 4.79 Å². The van der Waals surface area contributed by atoms with Gasteiger partial charge < -0.3 is 9.47 Å². The molecule has 32 heavy (non-hydrogen) atoms. The average Bonchev–Trinajstić information content (AvgIpc) is 2.79. The number of carbonyl (C=O) groups excluding carboxylic acids is 1. The van der Waals surface area contributed by atoms with Crippen molar-refractivity contribution in [2.75, 3.05) is 13.7 Å². The van der Waals surface area contributed by atoms with Crippen LogP contribution in [0.3, 0.4) is 0 Å². The molecule has 1 amide bonds. The molecule has 11 heteroatoms. The van der Waals surface area contributed by atoms with Gasteiger partial charge in [0.2, 0.25) is 0 Å². The number of aromatic nitrogens is 3. The molecular weight excluding hydrogens is 434 g/mol. The molecule has 1 unspecified atom stereocenters. The van der Waals surface area contributed by atoms with Gasteiger partial charge in [-0.1, -0.05) is 42.1 Å². The molecule has 10 nitrogen and oxygen atoms in total. The van der Waals surface area contributed by atoms with E-state index in [2.05, 4.69) is 25.7 Å². The molecule has 0 bridgehead atoms. The Labute approximate surface area is 187 Å². The van der Waals surface area contributed by atoms with Crippen molar-refractivity contribution in [3.05, 3.63) is 80.5 Å². The van der Waals surface area contributed by atoms with Crippen LogP contribution in [0.15, 0.2) is 68.2 Å². The number of hydrogen-bond acceptors (Lipinski definition) is 8. The lowest BCUT2D eigenvalue weighted by Crippen LogP contribution is -2.28. The summed E-state index contributed by atoms with van der Waals surface area (Å²) < 4.78 is 10.8. The van der Waals surface area contributed by atoms with Crippen molar-refractivity contribution < 1.29 is 14.3 Å². The number of rotatable bonds is 9. The van der Waals surface area contributed by atoms with Crippen molar-refractivity contribution in [3.8, 4) is 11.5 Å². The number of nitrogens with one attached hydrogen (secondary N) is 3. The second-order valence-electron chi connectivity index (χ2n) is 6.30. The first-order valence-corrected chi connectivity index (χ1v) is 10.4. The van der Waals surface area contributed by atoms with E-state index in [4.69, 9.17) is 9.47 Å². The molecule has 3 rings (SSSR count). The SMILES string of the molecule is CCOc1cc(/C=N\NC(=O)C(Sc2n[nH]c(=O)[nH]c2=O)c2ccccc2)ccc1OC. The predicted octanol–water partition coefficient (Wildman–Crippen LogP) is 1.85. The van der Waals surface area contributed by atoms with Crippen LogP contribution >= 0.6 is 11.8 Å². The van der Waals surface area contributed by atoms with Crippen LogP contribution in [-0.4, -0.2) is 41.0 Å². The maximum atomic E-state index is 12.9. The molecule has 1 aromatic heterocycles. The van der Waals surface area contributed by atoms with Crippen molar-refractivity contribution in [3.63, 3.8) is 0 Å². The predicted molar refractivity (Wildman–Crippen MR) is 120 cm³/mol. The van der Waals surface area contributed by atoms with Gasteiger partial charge in [0.15, 0.2) is 16.5 Å². The van der Waals surface area contributed by atoms with Crippen LogP contribution < -0.4 is 26.1 Å². The Morgan fingerprint density at radius 2 is 2.00 bits per heavy atom. The molecule has 3 N–H and O–H groups in total. The first-order chi connectivity index (χ1) is 15.5. The van der Waals surface area contributed by atoms with E-state index in [0.717, 1.165) is 11.8 Å². The zero-order valence-corrected chi connectivity index (χ0v) is 18.1. The zero-order chi connectivity index (χ0) is 22.9. The fourth-order valence-corrected chi connectivity index (χ4v) is 3.63. The van der Waals surface area contributed by atoms with Crippen molar-refractivity contribution in [1.29, 1.82) is 0 Å². The largest absolute Gasteiger partial charge is 0.493 e. The first kappa shape index (κ1) is 22.8. The third-order valence-electron chi connectivity index (χ3n) is 4.13. The van der Waals surface area contributed by atoms with E-state index < -0.39 is 22.4 Å². The van der Waals surface area contributed by atoms with E-state index in [9.17, 15) is 14.4 Å². The summed E-state index contributed by atoms with van der Waals surface area (Å²) in [5.74, 6) is 0.682. The molecular formula is C21H21N5O5S. The second-order valence-corrected chi connectivity index (χ2v) is 7.39. The standard InChI is InChI=1S/C21H21N5O5S/c1-3-31-16-11-13(9-10-15(16)30-2)12-22-24-18(27)17(14-7-5-4-6-8-14)32-20-19(28)23-21(29)26-25-20/h4-12,17H,3H2,1-2H3,(H,24,27)(H2,23,26,28,29)/b22-12-. The molecule has 166 valence electrons. The highest BCUT2D eigenvalue weighted by molar-refractivity contribution is 8.00. The smallest absolute Gasteiger partial charge is 0.342 e. The fraction of sp³-hybridized carbons (Fsp3) is 0.190. The van der Waals surface area contributed by atoms with Crippen LogP contribution in [0.25, 0.3) is 0 Å². The maximum absolute atomic E-state index is 12.9. The van der Waals surface area contributed by atoms with Gasteiger partial charge in [-0.3, -0.25) is 14.6 Å². The van der Waals surface area contributed by atoms with Crippen LogP contribution in [0.5, 0.6) is 11.5 Å². The minimum atomic E-state index is -0.831. The van der Waals surface area contributed by atoms with E-state index in [1.54, 1.807) is 49.6 Å². The summed E-state index contributed by atoms with van der Waals surface area (Å²) in [6.07, 6.45) is 1.47. The monoisotopic (exact) mass is 455 g/mol. The molecule has 1 heterocycles. The zero-order valence-electron chi connectivity index (χ0n) is 17.3. The number of nitrogens with zero attached hydrogens (tertiary/aromatic N) is 2. The number of aromatic amines is 2. The molecule has 3 aromatic rings. The summed E-state index contributed by atoms with van der Waals surface area (Å²) in [5, 5.41) is 9.04. The highest BCUT2D eigenvalue weighted by Gasteiger charge is 2.24.